The van der Waals surface area contributed by atoms with Crippen molar-refractivity contribution in [2.24, 2.45) is 0 Å². The number of hydrogen-bond acceptors (Lipinski definition) is 4. The number of carbonyl (C=O) groups is 1. The molecule has 0 bridgehead atoms. The maximum atomic E-state index is 12.8. The van der Waals surface area contributed by atoms with Gasteiger partial charge in [0.05, 0.1) is 12.7 Å². The smallest absolute Gasteiger partial charge is 0.276 e. The van der Waals surface area contributed by atoms with Crippen LogP contribution >= 0.6 is 12.4 Å². The summed E-state index contributed by atoms with van der Waals surface area (Å²) in [5, 5.41) is 11.5. The Bertz CT molecular complexity index is 639. The largest absolute Gasteiger partial charge is 0.333 e. The number of benzene rings is 1. The Balaban J connectivity index is 0.00000208. The third kappa shape index (κ3) is 4.33. The lowest BCUT2D eigenvalue weighted by molar-refractivity contribution is 0.0686. The number of carbonyl (C=O) groups excluding carboxylic acids is 1. The Morgan fingerprint density at radius 2 is 2.17 bits per heavy atom. The van der Waals surface area contributed by atoms with Gasteiger partial charge >= 0.3 is 0 Å². The number of halogens is 1. The van der Waals surface area contributed by atoms with E-state index in [1.807, 2.05) is 35.2 Å². The fraction of sp³-hybridized carbons (Fsp3) is 0.471. The first-order chi connectivity index (χ1) is 11.3. The highest BCUT2D eigenvalue weighted by atomic mass is 35.5. The number of nitrogens with zero attached hydrogens (tertiary/aromatic N) is 4. The van der Waals surface area contributed by atoms with Crippen LogP contribution in [0.3, 0.4) is 0 Å². The molecular weight excluding hydrogens is 326 g/mol. The third-order valence-electron chi connectivity index (χ3n) is 4.15. The van der Waals surface area contributed by atoms with Gasteiger partial charge in [0.1, 0.15) is 0 Å². The molecule has 0 aliphatic carbocycles. The number of rotatable bonds is 6. The summed E-state index contributed by atoms with van der Waals surface area (Å²) in [6, 6.07) is 10.3. The molecule has 1 N–H and O–H groups in total. The van der Waals surface area contributed by atoms with Gasteiger partial charge in [-0.3, -0.25) is 4.79 Å². The molecule has 2 aromatic rings. The van der Waals surface area contributed by atoms with Gasteiger partial charge in [-0.05, 0) is 24.9 Å². The van der Waals surface area contributed by atoms with Crippen LogP contribution in [0.2, 0.25) is 0 Å². The molecule has 0 spiro atoms. The van der Waals surface area contributed by atoms with E-state index in [1.165, 1.54) is 0 Å². The average molecular weight is 350 g/mol. The Kier molecular flexibility index (Phi) is 6.75. The molecule has 7 heteroatoms. The molecule has 1 saturated heterocycles. The van der Waals surface area contributed by atoms with E-state index in [1.54, 1.807) is 10.9 Å². The molecule has 1 aromatic carbocycles. The summed E-state index contributed by atoms with van der Waals surface area (Å²) >= 11 is 0. The molecule has 0 radical (unpaired) electrons. The average Bonchev–Trinajstić information content (AvgIpc) is 3.25. The number of aromatic nitrogens is 3. The van der Waals surface area contributed by atoms with Crippen molar-refractivity contribution in [3.05, 3.63) is 47.8 Å². The van der Waals surface area contributed by atoms with Crippen molar-refractivity contribution in [3.63, 3.8) is 0 Å². The molecule has 1 aliphatic rings. The first kappa shape index (κ1) is 18.4. The summed E-state index contributed by atoms with van der Waals surface area (Å²) in [6.45, 7) is 5.31. The van der Waals surface area contributed by atoms with Crippen molar-refractivity contribution < 1.29 is 4.79 Å². The summed E-state index contributed by atoms with van der Waals surface area (Å²) in [6.07, 6.45) is 3.70. The number of hydrogen-bond donors (Lipinski definition) is 1. The van der Waals surface area contributed by atoms with Gasteiger partial charge in [0.25, 0.3) is 5.91 Å². The molecule has 130 valence electrons. The monoisotopic (exact) mass is 349 g/mol. The van der Waals surface area contributed by atoms with Crippen LogP contribution in [0.25, 0.3) is 0 Å². The molecule has 24 heavy (non-hydrogen) atoms. The molecule has 0 saturated carbocycles. The lowest BCUT2D eigenvalue weighted by atomic mass is 10.2. The second kappa shape index (κ2) is 8.80. The van der Waals surface area contributed by atoms with Crippen LogP contribution in [0.5, 0.6) is 0 Å². The second-order valence-electron chi connectivity index (χ2n) is 5.93. The van der Waals surface area contributed by atoms with Crippen molar-refractivity contribution >= 4 is 18.3 Å². The minimum atomic E-state index is -0.0140. The van der Waals surface area contributed by atoms with Crippen molar-refractivity contribution in [2.75, 3.05) is 19.6 Å². The van der Waals surface area contributed by atoms with E-state index < -0.39 is 0 Å². The van der Waals surface area contributed by atoms with Gasteiger partial charge in [-0.1, -0.05) is 42.5 Å². The Labute approximate surface area is 148 Å². The highest BCUT2D eigenvalue weighted by molar-refractivity contribution is 5.92. The molecule has 2 heterocycles. The highest BCUT2D eigenvalue weighted by Crippen LogP contribution is 2.13. The van der Waals surface area contributed by atoms with Gasteiger partial charge < -0.3 is 10.2 Å². The Hall–Kier alpha value is -1.92. The number of amides is 1. The fourth-order valence-corrected chi connectivity index (χ4v) is 2.99. The first-order valence-corrected chi connectivity index (χ1v) is 8.23. The molecule has 1 amide bonds. The standard InChI is InChI=1S/C17H23N5O.ClH/c1-2-10-22(15-8-9-18-11-15)17(23)16-13-21(20-19-16)12-14-6-4-3-5-7-14;/h3-7,13,15,18H,2,8-12H2,1H3;1H. The Morgan fingerprint density at radius 3 is 2.83 bits per heavy atom. The third-order valence-corrected chi connectivity index (χ3v) is 4.15. The van der Waals surface area contributed by atoms with E-state index in [0.29, 0.717) is 12.2 Å². The van der Waals surface area contributed by atoms with Gasteiger partial charge in [-0.15, -0.1) is 17.5 Å². The summed E-state index contributed by atoms with van der Waals surface area (Å²) in [5.41, 5.74) is 1.57. The molecule has 1 atom stereocenters. The number of nitrogens with one attached hydrogen (secondary N) is 1. The molecule has 3 rings (SSSR count). The van der Waals surface area contributed by atoms with Crippen molar-refractivity contribution in [1.82, 2.24) is 25.2 Å². The first-order valence-electron chi connectivity index (χ1n) is 8.23. The van der Waals surface area contributed by atoms with E-state index >= 15 is 0 Å². The summed E-state index contributed by atoms with van der Waals surface area (Å²) < 4.78 is 1.72. The van der Waals surface area contributed by atoms with Gasteiger partial charge in [0, 0.05) is 19.1 Å². The van der Waals surface area contributed by atoms with Crippen LogP contribution in [0.15, 0.2) is 36.5 Å². The normalized spacial score (nSPS) is 16.6. The van der Waals surface area contributed by atoms with Crippen LogP contribution in [-0.2, 0) is 6.54 Å². The molecule has 1 aliphatic heterocycles. The highest BCUT2D eigenvalue weighted by Gasteiger charge is 2.28. The van der Waals surface area contributed by atoms with E-state index in [9.17, 15) is 4.79 Å². The lowest BCUT2D eigenvalue weighted by Gasteiger charge is -2.27. The van der Waals surface area contributed by atoms with E-state index in [0.717, 1.165) is 38.0 Å². The van der Waals surface area contributed by atoms with Gasteiger partial charge in [0.15, 0.2) is 5.69 Å². The quantitative estimate of drug-likeness (QED) is 0.866. The zero-order valence-corrected chi connectivity index (χ0v) is 14.7. The minimum absolute atomic E-state index is 0. The lowest BCUT2D eigenvalue weighted by Crippen LogP contribution is -2.42. The summed E-state index contributed by atoms with van der Waals surface area (Å²) in [4.78, 5) is 14.7. The minimum Gasteiger partial charge on any atom is -0.333 e. The summed E-state index contributed by atoms with van der Waals surface area (Å²) in [7, 11) is 0. The van der Waals surface area contributed by atoms with Crippen molar-refractivity contribution in [3.8, 4) is 0 Å². The van der Waals surface area contributed by atoms with Gasteiger partial charge in [-0.25, -0.2) is 4.68 Å². The predicted octanol–water partition coefficient (Wildman–Crippen LogP) is 1.96. The summed E-state index contributed by atoms with van der Waals surface area (Å²) in [5.74, 6) is -0.0140. The van der Waals surface area contributed by atoms with E-state index in [-0.39, 0.29) is 24.4 Å². The zero-order chi connectivity index (χ0) is 16.1. The zero-order valence-electron chi connectivity index (χ0n) is 13.9. The molecule has 1 aromatic heterocycles. The van der Waals surface area contributed by atoms with Crippen molar-refractivity contribution in [2.45, 2.75) is 32.4 Å². The van der Waals surface area contributed by atoms with Crippen LogP contribution < -0.4 is 5.32 Å². The van der Waals surface area contributed by atoms with Gasteiger partial charge in [0.2, 0.25) is 0 Å². The topological polar surface area (TPSA) is 63.1 Å². The fourth-order valence-electron chi connectivity index (χ4n) is 2.99. The SMILES string of the molecule is CCCN(C(=O)c1cn(Cc2ccccc2)nn1)C1CCNC1.Cl. The maximum Gasteiger partial charge on any atom is 0.276 e. The van der Waals surface area contributed by atoms with E-state index in [2.05, 4.69) is 22.6 Å². The van der Waals surface area contributed by atoms with Crippen LogP contribution in [0.4, 0.5) is 0 Å². The second-order valence-corrected chi connectivity index (χ2v) is 5.93. The predicted molar refractivity (Wildman–Crippen MR) is 95.4 cm³/mol. The Morgan fingerprint density at radius 1 is 1.38 bits per heavy atom. The van der Waals surface area contributed by atoms with Crippen LogP contribution in [0, 0.1) is 0 Å². The van der Waals surface area contributed by atoms with Crippen molar-refractivity contribution in [1.29, 1.82) is 0 Å². The van der Waals surface area contributed by atoms with E-state index in [4.69, 9.17) is 0 Å². The van der Waals surface area contributed by atoms with Crippen LogP contribution in [0.1, 0.15) is 35.8 Å². The van der Waals surface area contributed by atoms with Crippen LogP contribution in [-0.4, -0.2) is 51.5 Å². The molecule has 1 fully saturated rings. The molecule has 6 nitrogen and oxygen atoms in total. The maximum absolute atomic E-state index is 12.8. The van der Waals surface area contributed by atoms with Gasteiger partial charge in [-0.2, -0.15) is 0 Å². The molecular formula is C17H24ClN5O. The molecule has 1 unspecified atom stereocenters.